The Bertz CT molecular complexity index is 562. The van der Waals surface area contributed by atoms with E-state index in [0.29, 0.717) is 0 Å². The van der Waals surface area contributed by atoms with E-state index >= 15 is 0 Å². The Morgan fingerprint density at radius 1 is 1.14 bits per heavy atom. The van der Waals surface area contributed by atoms with Crippen LogP contribution in [0.25, 0.3) is 10.9 Å². The molecule has 1 aromatic heterocycles. The second-order valence-corrected chi connectivity index (χ2v) is 6.32. The number of fused-ring (bicyclic) bond motifs is 1. The van der Waals surface area contributed by atoms with Crippen molar-refractivity contribution in [2.24, 2.45) is 0 Å². The SMILES string of the molecule is CSCCCNCCCNc1ccnc2cc(Cl)ccc12. The highest BCUT2D eigenvalue weighted by atomic mass is 35.5. The van der Waals surface area contributed by atoms with Crippen molar-refractivity contribution in [2.75, 3.05) is 37.0 Å². The first-order chi connectivity index (χ1) is 10.3. The van der Waals surface area contributed by atoms with E-state index in [1.54, 1.807) is 0 Å². The molecule has 0 saturated heterocycles. The zero-order chi connectivity index (χ0) is 14.9. The van der Waals surface area contributed by atoms with Gasteiger partial charge in [0.15, 0.2) is 0 Å². The average molecular weight is 324 g/mol. The fourth-order valence-electron chi connectivity index (χ4n) is 2.18. The van der Waals surface area contributed by atoms with E-state index < -0.39 is 0 Å². The number of hydrogen-bond donors (Lipinski definition) is 2. The van der Waals surface area contributed by atoms with Crippen LogP contribution in [0.3, 0.4) is 0 Å². The van der Waals surface area contributed by atoms with E-state index in [1.165, 1.54) is 12.2 Å². The highest BCUT2D eigenvalue weighted by Gasteiger charge is 2.01. The molecule has 5 heteroatoms. The number of nitrogens with one attached hydrogen (secondary N) is 2. The van der Waals surface area contributed by atoms with Gasteiger partial charge in [0, 0.05) is 28.8 Å². The Balaban J connectivity index is 1.76. The maximum Gasteiger partial charge on any atom is 0.0737 e. The lowest BCUT2D eigenvalue weighted by Gasteiger charge is -2.10. The van der Waals surface area contributed by atoms with Gasteiger partial charge in [-0.15, -0.1) is 0 Å². The number of aromatic nitrogens is 1. The van der Waals surface area contributed by atoms with Crippen LogP contribution >= 0.6 is 23.4 Å². The molecule has 0 aliphatic carbocycles. The Kier molecular flexibility index (Phi) is 7.13. The molecule has 2 aromatic rings. The Morgan fingerprint density at radius 3 is 2.86 bits per heavy atom. The van der Waals surface area contributed by atoms with Crippen molar-refractivity contribution in [3.05, 3.63) is 35.5 Å². The molecule has 21 heavy (non-hydrogen) atoms. The minimum absolute atomic E-state index is 0.724. The minimum atomic E-state index is 0.724. The van der Waals surface area contributed by atoms with Crippen LogP contribution in [0.4, 0.5) is 5.69 Å². The molecule has 2 N–H and O–H groups in total. The Morgan fingerprint density at radius 2 is 2.00 bits per heavy atom. The molecule has 1 aromatic carbocycles. The molecule has 3 nitrogen and oxygen atoms in total. The normalized spacial score (nSPS) is 11.0. The third kappa shape index (κ3) is 5.38. The molecule has 0 amide bonds. The predicted molar refractivity (Wildman–Crippen MR) is 95.7 cm³/mol. The molecule has 0 saturated carbocycles. The molecule has 0 radical (unpaired) electrons. The van der Waals surface area contributed by atoms with E-state index in [2.05, 4.69) is 21.9 Å². The molecule has 0 fully saturated rings. The van der Waals surface area contributed by atoms with Gasteiger partial charge in [-0.25, -0.2) is 0 Å². The predicted octanol–water partition coefficient (Wildman–Crippen LogP) is 4.03. The van der Waals surface area contributed by atoms with Gasteiger partial charge in [0.25, 0.3) is 0 Å². The van der Waals surface area contributed by atoms with Gasteiger partial charge in [0.2, 0.25) is 0 Å². The molecule has 0 unspecified atom stereocenters. The summed E-state index contributed by atoms with van der Waals surface area (Å²) in [5.41, 5.74) is 2.06. The maximum atomic E-state index is 6.00. The van der Waals surface area contributed by atoms with E-state index in [1.807, 2.05) is 42.2 Å². The van der Waals surface area contributed by atoms with Crippen LogP contribution < -0.4 is 10.6 Å². The maximum absolute atomic E-state index is 6.00. The smallest absolute Gasteiger partial charge is 0.0737 e. The second-order valence-electron chi connectivity index (χ2n) is 4.90. The van der Waals surface area contributed by atoms with E-state index in [4.69, 9.17) is 11.6 Å². The second kappa shape index (κ2) is 9.13. The number of nitrogens with zero attached hydrogens (tertiary/aromatic N) is 1. The molecular weight excluding hydrogens is 302 g/mol. The topological polar surface area (TPSA) is 37.0 Å². The van der Waals surface area contributed by atoms with Crippen molar-refractivity contribution < 1.29 is 0 Å². The Hall–Kier alpha value is -0.970. The lowest BCUT2D eigenvalue weighted by atomic mass is 10.2. The summed E-state index contributed by atoms with van der Waals surface area (Å²) in [7, 11) is 0. The van der Waals surface area contributed by atoms with Gasteiger partial charge in [-0.2, -0.15) is 11.8 Å². The van der Waals surface area contributed by atoms with Gasteiger partial charge in [-0.1, -0.05) is 11.6 Å². The van der Waals surface area contributed by atoms with Crippen LogP contribution in [-0.2, 0) is 0 Å². The molecule has 1 heterocycles. The summed E-state index contributed by atoms with van der Waals surface area (Å²) in [6, 6.07) is 7.84. The number of halogens is 1. The van der Waals surface area contributed by atoms with Crippen molar-refractivity contribution in [1.82, 2.24) is 10.3 Å². The third-order valence-corrected chi connectivity index (χ3v) is 4.18. The third-order valence-electron chi connectivity index (χ3n) is 3.25. The van der Waals surface area contributed by atoms with Gasteiger partial charge in [0.1, 0.15) is 0 Å². The summed E-state index contributed by atoms with van der Waals surface area (Å²) < 4.78 is 0. The number of benzene rings is 1. The molecule has 0 atom stereocenters. The number of pyridine rings is 1. The van der Waals surface area contributed by atoms with Crippen molar-refractivity contribution in [3.63, 3.8) is 0 Å². The summed E-state index contributed by atoms with van der Waals surface area (Å²) in [5, 5.41) is 8.79. The van der Waals surface area contributed by atoms with Crippen molar-refractivity contribution in [3.8, 4) is 0 Å². The molecule has 2 rings (SSSR count). The van der Waals surface area contributed by atoms with Crippen LogP contribution in [0.1, 0.15) is 12.8 Å². The summed E-state index contributed by atoms with van der Waals surface area (Å²) >= 11 is 7.90. The first kappa shape index (κ1) is 16.4. The highest BCUT2D eigenvalue weighted by molar-refractivity contribution is 7.98. The first-order valence-electron chi connectivity index (χ1n) is 7.29. The largest absolute Gasteiger partial charge is 0.384 e. The summed E-state index contributed by atoms with van der Waals surface area (Å²) in [4.78, 5) is 4.35. The zero-order valence-corrected chi connectivity index (χ0v) is 13.9. The average Bonchev–Trinajstić information content (AvgIpc) is 2.49. The summed E-state index contributed by atoms with van der Waals surface area (Å²) in [6.07, 6.45) is 6.32. The number of hydrogen-bond acceptors (Lipinski definition) is 4. The number of rotatable bonds is 9. The molecule has 0 bridgehead atoms. The number of anilines is 1. The lowest BCUT2D eigenvalue weighted by Crippen LogP contribution is -2.19. The molecule has 0 aliphatic heterocycles. The highest BCUT2D eigenvalue weighted by Crippen LogP contribution is 2.24. The van der Waals surface area contributed by atoms with Crippen LogP contribution in [0.5, 0.6) is 0 Å². The van der Waals surface area contributed by atoms with Gasteiger partial charge in [-0.3, -0.25) is 4.98 Å². The quantitative estimate of drug-likeness (QED) is 0.683. The monoisotopic (exact) mass is 323 g/mol. The molecule has 0 spiro atoms. The fourth-order valence-corrected chi connectivity index (χ4v) is 2.78. The summed E-state index contributed by atoms with van der Waals surface area (Å²) in [5.74, 6) is 1.23. The van der Waals surface area contributed by atoms with Crippen LogP contribution in [0, 0.1) is 0 Å². The van der Waals surface area contributed by atoms with Crippen LogP contribution in [0.2, 0.25) is 5.02 Å². The van der Waals surface area contributed by atoms with Crippen LogP contribution in [-0.4, -0.2) is 36.6 Å². The van der Waals surface area contributed by atoms with E-state index in [0.717, 1.165) is 47.7 Å². The Labute approximate surface area is 135 Å². The zero-order valence-electron chi connectivity index (χ0n) is 12.4. The van der Waals surface area contributed by atoms with Crippen molar-refractivity contribution in [2.45, 2.75) is 12.8 Å². The molecule has 0 aliphatic rings. The minimum Gasteiger partial charge on any atom is -0.384 e. The summed E-state index contributed by atoms with van der Waals surface area (Å²) in [6.45, 7) is 3.12. The van der Waals surface area contributed by atoms with Gasteiger partial charge in [0.05, 0.1) is 5.52 Å². The van der Waals surface area contributed by atoms with Crippen LogP contribution in [0.15, 0.2) is 30.5 Å². The van der Waals surface area contributed by atoms with Crippen molar-refractivity contribution >= 4 is 40.0 Å². The molecular formula is C16H22ClN3S. The van der Waals surface area contributed by atoms with Crippen molar-refractivity contribution in [1.29, 1.82) is 0 Å². The fraction of sp³-hybridized carbons (Fsp3) is 0.438. The van der Waals surface area contributed by atoms with Gasteiger partial charge >= 0.3 is 0 Å². The number of thioether (sulfide) groups is 1. The molecule has 114 valence electrons. The van der Waals surface area contributed by atoms with E-state index in [9.17, 15) is 0 Å². The van der Waals surface area contributed by atoms with Gasteiger partial charge in [-0.05, 0) is 62.2 Å². The van der Waals surface area contributed by atoms with Gasteiger partial charge < -0.3 is 10.6 Å². The van der Waals surface area contributed by atoms with E-state index in [-0.39, 0.29) is 0 Å². The first-order valence-corrected chi connectivity index (χ1v) is 9.06. The standard InChI is InChI=1S/C16H22ClN3S/c1-21-11-3-8-18-7-2-9-19-15-6-10-20-16-12-13(17)4-5-14(15)16/h4-6,10,12,18H,2-3,7-9,11H2,1H3,(H,19,20). The lowest BCUT2D eigenvalue weighted by molar-refractivity contribution is 0.654.